The fourth-order valence-electron chi connectivity index (χ4n) is 1.08. The summed E-state index contributed by atoms with van der Waals surface area (Å²) in [5, 5.41) is 0. The minimum Gasteiger partial charge on any atom is -0.465 e. The van der Waals surface area contributed by atoms with Crippen LogP contribution in [-0.2, 0) is 11.3 Å². The van der Waals surface area contributed by atoms with Gasteiger partial charge in [0.15, 0.2) is 0 Å². The van der Waals surface area contributed by atoms with Crippen molar-refractivity contribution in [2.75, 3.05) is 12.8 Å². The van der Waals surface area contributed by atoms with Gasteiger partial charge in [0.2, 0.25) is 0 Å². The van der Waals surface area contributed by atoms with E-state index in [0.717, 1.165) is 6.20 Å². The maximum atomic E-state index is 11.2. The number of anilines is 1. The number of carbonyl (C=O) groups is 1. The molecule has 6 nitrogen and oxygen atoms in total. The quantitative estimate of drug-likeness (QED) is 0.653. The summed E-state index contributed by atoms with van der Waals surface area (Å²) in [6.45, 7) is 2.10. The first-order valence-corrected chi connectivity index (χ1v) is 4.05. The fraction of sp³-hybridized carbons (Fsp3) is 0.375. The number of nitrogens with two attached hydrogens (primary N) is 1. The van der Waals surface area contributed by atoms with Gasteiger partial charge in [-0.05, 0) is 6.92 Å². The second-order valence-electron chi connectivity index (χ2n) is 2.58. The van der Waals surface area contributed by atoms with Gasteiger partial charge >= 0.3 is 11.7 Å². The van der Waals surface area contributed by atoms with Crippen molar-refractivity contribution in [3.63, 3.8) is 0 Å². The van der Waals surface area contributed by atoms with Crippen molar-refractivity contribution in [3.05, 3.63) is 22.2 Å². The highest BCUT2D eigenvalue weighted by atomic mass is 16.5. The summed E-state index contributed by atoms with van der Waals surface area (Å²) < 4.78 is 5.68. The van der Waals surface area contributed by atoms with Crippen LogP contribution in [0.4, 0.5) is 5.82 Å². The van der Waals surface area contributed by atoms with Gasteiger partial charge in [0, 0.05) is 6.54 Å². The van der Waals surface area contributed by atoms with Crippen LogP contribution in [0.3, 0.4) is 0 Å². The monoisotopic (exact) mass is 197 g/mol. The molecule has 6 heteroatoms. The Labute approximate surface area is 80.3 Å². The number of hydrogen-bond acceptors (Lipinski definition) is 5. The first kappa shape index (κ1) is 10.2. The van der Waals surface area contributed by atoms with Crippen molar-refractivity contribution < 1.29 is 9.53 Å². The zero-order valence-corrected chi connectivity index (χ0v) is 7.98. The van der Waals surface area contributed by atoms with E-state index < -0.39 is 11.7 Å². The minimum absolute atomic E-state index is 0.0827. The number of ether oxygens (including phenoxy) is 1. The van der Waals surface area contributed by atoms with E-state index in [9.17, 15) is 9.59 Å². The zero-order valence-electron chi connectivity index (χ0n) is 7.98. The van der Waals surface area contributed by atoms with E-state index in [1.54, 1.807) is 6.92 Å². The summed E-state index contributed by atoms with van der Waals surface area (Å²) in [6.07, 6.45) is 1.12. The third-order valence-corrected chi connectivity index (χ3v) is 1.82. The van der Waals surface area contributed by atoms with Crippen LogP contribution >= 0.6 is 0 Å². The lowest BCUT2D eigenvalue weighted by molar-refractivity contribution is 0.0600. The van der Waals surface area contributed by atoms with Crippen LogP contribution in [0.25, 0.3) is 0 Å². The van der Waals surface area contributed by atoms with Gasteiger partial charge in [-0.2, -0.15) is 0 Å². The first-order chi connectivity index (χ1) is 6.61. The lowest BCUT2D eigenvalue weighted by atomic mass is 10.3. The van der Waals surface area contributed by atoms with Crippen LogP contribution in [0.2, 0.25) is 0 Å². The standard InChI is InChI=1S/C8H11N3O3/c1-3-11-6(9)5(7(12)14-2)4-10-8(11)13/h4H,3,9H2,1-2H3. The van der Waals surface area contributed by atoms with E-state index in [1.165, 1.54) is 11.7 Å². The smallest absolute Gasteiger partial charge is 0.349 e. The SMILES string of the molecule is CCn1c(N)c(C(=O)OC)cnc1=O. The van der Waals surface area contributed by atoms with Gasteiger partial charge < -0.3 is 10.5 Å². The van der Waals surface area contributed by atoms with Crippen molar-refractivity contribution in [2.45, 2.75) is 13.5 Å². The van der Waals surface area contributed by atoms with Gasteiger partial charge in [-0.3, -0.25) is 4.57 Å². The number of methoxy groups -OCH3 is 1. The Morgan fingerprint density at radius 2 is 2.36 bits per heavy atom. The molecule has 0 aliphatic heterocycles. The molecule has 1 heterocycles. The number of hydrogen-bond donors (Lipinski definition) is 1. The topological polar surface area (TPSA) is 87.2 Å². The molecule has 0 fully saturated rings. The Morgan fingerprint density at radius 3 is 2.86 bits per heavy atom. The average molecular weight is 197 g/mol. The summed E-state index contributed by atoms with van der Waals surface area (Å²) >= 11 is 0. The predicted molar refractivity (Wildman–Crippen MR) is 49.9 cm³/mol. The maximum Gasteiger partial charge on any atom is 0.349 e. The Bertz CT molecular complexity index is 411. The number of esters is 1. The molecule has 0 radical (unpaired) electrons. The van der Waals surface area contributed by atoms with Crippen LogP contribution in [-0.4, -0.2) is 22.6 Å². The second kappa shape index (κ2) is 3.91. The minimum atomic E-state index is -0.600. The molecule has 0 amide bonds. The Hall–Kier alpha value is -1.85. The molecule has 1 rings (SSSR count). The van der Waals surface area contributed by atoms with Gasteiger partial charge in [0.05, 0.1) is 13.3 Å². The van der Waals surface area contributed by atoms with Crippen LogP contribution in [0.1, 0.15) is 17.3 Å². The Balaban J connectivity index is 3.35. The molecule has 0 aromatic carbocycles. The Kier molecular flexibility index (Phi) is 2.85. The van der Waals surface area contributed by atoms with E-state index >= 15 is 0 Å². The van der Waals surface area contributed by atoms with E-state index in [0.29, 0.717) is 6.54 Å². The molecule has 0 bridgehead atoms. The lowest BCUT2D eigenvalue weighted by Crippen LogP contribution is -2.27. The summed E-state index contributed by atoms with van der Waals surface area (Å²) in [7, 11) is 1.24. The maximum absolute atomic E-state index is 11.2. The van der Waals surface area contributed by atoms with Crippen molar-refractivity contribution >= 4 is 11.8 Å². The van der Waals surface area contributed by atoms with Gasteiger partial charge in [-0.25, -0.2) is 14.6 Å². The molecular weight excluding hydrogens is 186 g/mol. The molecule has 1 aromatic rings. The molecular formula is C8H11N3O3. The van der Waals surface area contributed by atoms with E-state index in [1.807, 2.05) is 0 Å². The number of nitrogen functional groups attached to an aromatic ring is 1. The first-order valence-electron chi connectivity index (χ1n) is 4.05. The predicted octanol–water partition coefficient (Wildman–Crippen LogP) is -0.368. The molecule has 76 valence electrons. The third-order valence-electron chi connectivity index (χ3n) is 1.82. The van der Waals surface area contributed by atoms with E-state index in [2.05, 4.69) is 9.72 Å². The normalized spacial score (nSPS) is 9.86. The van der Waals surface area contributed by atoms with Crippen molar-refractivity contribution in [1.82, 2.24) is 9.55 Å². The molecule has 0 saturated heterocycles. The summed E-state index contributed by atoms with van der Waals surface area (Å²) in [5.74, 6) is -0.517. The highest BCUT2D eigenvalue weighted by Crippen LogP contribution is 2.08. The van der Waals surface area contributed by atoms with Crippen LogP contribution in [0.5, 0.6) is 0 Å². The van der Waals surface area contributed by atoms with Crippen LogP contribution < -0.4 is 11.4 Å². The van der Waals surface area contributed by atoms with Gasteiger partial charge in [0.25, 0.3) is 0 Å². The fourth-order valence-corrected chi connectivity index (χ4v) is 1.08. The van der Waals surface area contributed by atoms with Crippen LogP contribution in [0, 0.1) is 0 Å². The molecule has 2 N–H and O–H groups in total. The summed E-state index contributed by atoms with van der Waals surface area (Å²) in [6, 6.07) is 0. The second-order valence-corrected chi connectivity index (χ2v) is 2.58. The number of carbonyl (C=O) groups excluding carboxylic acids is 1. The average Bonchev–Trinajstić information content (AvgIpc) is 2.18. The highest BCUT2D eigenvalue weighted by Gasteiger charge is 2.14. The van der Waals surface area contributed by atoms with Crippen molar-refractivity contribution in [3.8, 4) is 0 Å². The summed E-state index contributed by atoms with van der Waals surface area (Å²) in [5.41, 5.74) is 5.22. The third kappa shape index (κ3) is 1.59. The molecule has 0 spiro atoms. The van der Waals surface area contributed by atoms with Gasteiger partial charge in [-0.15, -0.1) is 0 Å². The van der Waals surface area contributed by atoms with Crippen molar-refractivity contribution in [2.24, 2.45) is 0 Å². The number of aromatic nitrogens is 2. The molecule has 0 unspecified atom stereocenters. The molecule has 0 atom stereocenters. The van der Waals surface area contributed by atoms with Crippen molar-refractivity contribution in [1.29, 1.82) is 0 Å². The molecule has 0 aliphatic carbocycles. The summed E-state index contributed by atoms with van der Waals surface area (Å²) in [4.78, 5) is 25.8. The Morgan fingerprint density at radius 1 is 1.71 bits per heavy atom. The molecule has 1 aromatic heterocycles. The van der Waals surface area contributed by atoms with Crippen LogP contribution in [0.15, 0.2) is 11.0 Å². The zero-order chi connectivity index (χ0) is 10.7. The molecule has 0 saturated carbocycles. The van der Waals surface area contributed by atoms with E-state index in [-0.39, 0.29) is 11.4 Å². The number of nitrogens with zero attached hydrogens (tertiary/aromatic N) is 2. The number of rotatable bonds is 2. The lowest BCUT2D eigenvalue weighted by Gasteiger charge is -2.08. The molecule has 0 aliphatic rings. The highest BCUT2D eigenvalue weighted by molar-refractivity contribution is 5.93. The van der Waals surface area contributed by atoms with Gasteiger partial charge in [0.1, 0.15) is 11.4 Å². The molecule has 14 heavy (non-hydrogen) atoms. The van der Waals surface area contributed by atoms with Gasteiger partial charge in [-0.1, -0.05) is 0 Å². The largest absolute Gasteiger partial charge is 0.465 e. The van der Waals surface area contributed by atoms with E-state index in [4.69, 9.17) is 5.73 Å².